The molecule has 7 nitrogen and oxygen atoms in total. The summed E-state index contributed by atoms with van der Waals surface area (Å²) in [7, 11) is 0. The summed E-state index contributed by atoms with van der Waals surface area (Å²) >= 11 is 7.79. The standard InChI is InChI=1S/C28H28ClN3O4S/c1-5-35-26(33)23-16(3)30-17(4)24(27(34)36-6-2)25(23)18-10-9-11-19(14-18)31-28-32-22(15-37-28)20-12-7-8-13-21(20)29/h7-15,23,25H,5-6H2,1-4H3,(H,31,32). The lowest BCUT2D eigenvalue weighted by Crippen LogP contribution is -2.36. The average Bonchev–Trinajstić information content (AvgIpc) is 3.32. The third-order valence-electron chi connectivity index (χ3n) is 6.02. The van der Waals surface area contributed by atoms with Gasteiger partial charge in [-0.05, 0) is 51.5 Å². The molecule has 1 aromatic heterocycles. The van der Waals surface area contributed by atoms with Gasteiger partial charge in [0.25, 0.3) is 0 Å². The Hall–Kier alpha value is -3.49. The Labute approximate surface area is 225 Å². The number of aromatic nitrogens is 1. The molecule has 0 spiro atoms. The first-order chi connectivity index (χ1) is 17.8. The minimum Gasteiger partial charge on any atom is -0.465 e. The summed E-state index contributed by atoms with van der Waals surface area (Å²) in [6, 6.07) is 15.1. The van der Waals surface area contributed by atoms with Crippen LogP contribution in [0.1, 0.15) is 39.2 Å². The lowest BCUT2D eigenvalue weighted by atomic mass is 9.75. The van der Waals surface area contributed by atoms with Gasteiger partial charge in [0.05, 0.1) is 24.5 Å². The topological polar surface area (TPSA) is 89.9 Å². The van der Waals surface area contributed by atoms with Gasteiger partial charge in [0, 0.05) is 39.0 Å². The van der Waals surface area contributed by atoms with Crippen LogP contribution in [0.5, 0.6) is 0 Å². The van der Waals surface area contributed by atoms with E-state index in [2.05, 4.69) is 15.3 Å². The molecule has 1 N–H and O–H groups in total. The minimum atomic E-state index is -0.745. The van der Waals surface area contributed by atoms with Crippen molar-refractivity contribution in [2.24, 2.45) is 10.9 Å². The van der Waals surface area contributed by atoms with Gasteiger partial charge in [-0.1, -0.05) is 41.9 Å². The Bertz CT molecular complexity index is 1380. The van der Waals surface area contributed by atoms with Gasteiger partial charge in [0.1, 0.15) is 5.92 Å². The highest BCUT2D eigenvalue weighted by molar-refractivity contribution is 7.14. The third-order valence-corrected chi connectivity index (χ3v) is 7.10. The van der Waals surface area contributed by atoms with Crippen LogP contribution in [0.4, 0.5) is 10.8 Å². The molecular formula is C28H28ClN3O4S. The van der Waals surface area contributed by atoms with Gasteiger partial charge in [-0.15, -0.1) is 11.3 Å². The van der Waals surface area contributed by atoms with Gasteiger partial charge in [-0.25, -0.2) is 9.78 Å². The fourth-order valence-electron chi connectivity index (χ4n) is 4.47. The van der Waals surface area contributed by atoms with E-state index in [1.165, 1.54) is 11.3 Å². The van der Waals surface area contributed by atoms with Crippen molar-refractivity contribution in [3.05, 3.63) is 75.8 Å². The van der Waals surface area contributed by atoms with Crippen LogP contribution in [0.15, 0.2) is 70.2 Å². The second-order valence-corrected chi connectivity index (χ2v) is 9.71. The molecule has 2 aromatic carbocycles. The molecule has 1 aliphatic rings. The van der Waals surface area contributed by atoms with Crippen molar-refractivity contribution < 1.29 is 19.1 Å². The summed E-state index contributed by atoms with van der Waals surface area (Å²) < 4.78 is 10.7. The van der Waals surface area contributed by atoms with Crippen LogP contribution in [0.2, 0.25) is 5.02 Å². The number of nitrogens with zero attached hydrogens (tertiary/aromatic N) is 2. The van der Waals surface area contributed by atoms with Crippen LogP contribution in [0.25, 0.3) is 11.3 Å². The number of esters is 2. The molecule has 1 aliphatic heterocycles. The van der Waals surface area contributed by atoms with Crippen molar-refractivity contribution in [3.63, 3.8) is 0 Å². The number of allylic oxidation sites excluding steroid dienone is 1. The van der Waals surface area contributed by atoms with Crippen molar-refractivity contribution in [3.8, 4) is 11.3 Å². The highest BCUT2D eigenvalue weighted by atomic mass is 35.5. The SMILES string of the molecule is CCOC(=O)C1=C(C)N=C(C)C(C(=O)OCC)C1c1cccc(Nc2nc(-c3ccccc3Cl)cs2)c1. The zero-order valence-electron chi connectivity index (χ0n) is 21.1. The fourth-order valence-corrected chi connectivity index (χ4v) is 5.43. The number of carbonyl (C=O) groups excluding carboxylic acids is 2. The maximum atomic E-state index is 13.1. The number of hydrogen-bond acceptors (Lipinski definition) is 8. The number of carbonyl (C=O) groups is 2. The Morgan fingerprint density at radius 1 is 1.05 bits per heavy atom. The van der Waals surface area contributed by atoms with Crippen LogP contribution in [0.3, 0.4) is 0 Å². The van der Waals surface area contributed by atoms with Crippen molar-refractivity contribution in [1.29, 1.82) is 0 Å². The predicted octanol–water partition coefficient (Wildman–Crippen LogP) is 6.78. The van der Waals surface area contributed by atoms with Gasteiger partial charge in [-0.2, -0.15) is 0 Å². The summed E-state index contributed by atoms with van der Waals surface area (Å²) in [6.07, 6.45) is 0. The number of rotatable bonds is 8. The largest absolute Gasteiger partial charge is 0.465 e. The van der Waals surface area contributed by atoms with E-state index in [4.69, 9.17) is 21.1 Å². The van der Waals surface area contributed by atoms with Gasteiger partial charge >= 0.3 is 11.9 Å². The van der Waals surface area contributed by atoms with Crippen LogP contribution in [0, 0.1) is 5.92 Å². The molecule has 2 heterocycles. The fraction of sp³-hybridized carbons (Fsp3) is 0.286. The summed E-state index contributed by atoms with van der Waals surface area (Å²) in [4.78, 5) is 35.3. The molecule has 2 unspecified atom stereocenters. The molecule has 192 valence electrons. The van der Waals surface area contributed by atoms with Crippen LogP contribution in [-0.4, -0.2) is 35.8 Å². The number of hydrogen-bond donors (Lipinski definition) is 1. The summed E-state index contributed by atoms with van der Waals surface area (Å²) in [6.45, 7) is 7.50. The van der Waals surface area contributed by atoms with E-state index in [1.54, 1.807) is 27.7 Å². The highest BCUT2D eigenvalue weighted by Gasteiger charge is 2.42. The molecule has 0 amide bonds. The summed E-state index contributed by atoms with van der Waals surface area (Å²) in [5.74, 6) is -2.26. The number of benzene rings is 2. The molecular weight excluding hydrogens is 510 g/mol. The van der Waals surface area contributed by atoms with Gasteiger partial charge in [-0.3, -0.25) is 9.79 Å². The van der Waals surface area contributed by atoms with Crippen molar-refractivity contribution >= 4 is 51.4 Å². The first-order valence-corrected chi connectivity index (χ1v) is 13.3. The number of halogens is 1. The van der Waals surface area contributed by atoms with Crippen molar-refractivity contribution in [2.45, 2.75) is 33.6 Å². The molecule has 9 heteroatoms. The third kappa shape index (κ3) is 5.76. The smallest absolute Gasteiger partial charge is 0.336 e. The zero-order valence-corrected chi connectivity index (χ0v) is 22.7. The summed E-state index contributed by atoms with van der Waals surface area (Å²) in [5, 5.41) is 6.60. The molecule has 3 aromatic rings. The van der Waals surface area contributed by atoms with E-state index in [-0.39, 0.29) is 13.2 Å². The van der Waals surface area contributed by atoms with E-state index in [9.17, 15) is 9.59 Å². The zero-order chi connectivity index (χ0) is 26.5. The predicted molar refractivity (Wildman–Crippen MR) is 148 cm³/mol. The Morgan fingerprint density at radius 2 is 1.81 bits per heavy atom. The first-order valence-electron chi connectivity index (χ1n) is 12.0. The van der Waals surface area contributed by atoms with Crippen molar-refractivity contribution in [1.82, 2.24) is 4.98 Å². The van der Waals surface area contributed by atoms with Crippen LogP contribution < -0.4 is 5.32 Å². The second-order valence-electron chi connectivity index (χ2n) is 8.45. The van der Waals surface area contributed by atoms with E-state index in [0.29, 0.717) is 27.1 Å². The minimum absolute atomic E-state index is 0.217. The lowest BCUT2D eigenvalue weighted by Gasteiger charge is -2.31. The van der Waals surface area contributed by atoms with E-state index >= 15 is 0 Å². The Kier molecular flexibility index (Phi) is 8.41. The molecule has 4 rings (SSSR count). The molecule has 0 saturated heterocycles. The maximum Gasteiger partial charge on any atom is 0.336 e. The number of nitrogens with one attached hydrogen (secondary N) is 1. The number of ether oxygens (including phenoxy) is 2. The lowest BCUT2D eigenvalue weighted by molar-refractivity contribution is -0.146. The van der Waals surface area contributed by atoms with Crippen LogP contribution in [-0.2, 0) is 19.1 Å². The van der Waals surface area contributed by atoms with Gasteiger partial charge in [0.15, 0.2) is 5.13 Å². The number of anilines is 2. The normalized spacial score (nSPS) is 17.3. The van der Waals surface area contributed by atoms with E-state index in [0.717, 1.165) is 22.5 Å². The molecule has 0 saturated carbocycles. The van der Waals surface area contributed by atoms with Crippen molar-refractivity contribution in [2.75, 3.05) is 18.5 Å². The van der Waals surface area contributed by atoms with E-state index in [1.807, 2.05) is 53.9 Å². The Morgan fingerprint density at radius 3 is 2.54 bits per heavy atom. The van der Waals surface area contributed by atoms with Gasteiger partial charge < -0.3 is 14.8 Å². The molecule has 0 fully saturated rings. The molecule has 37 heavy (non-hydrogen) atoms. The quantitative estimate of drug-likeness (QED) is 0.318. The van der Waals surface area contributed by atoms with E-state index < -0.39 is 23.8 Å². The summed E-state index contributed by atoms with van der Waals surface area (Å²) in [5.41, 5.74) is 4.65. The van der Waals surface area contributed by atoms with Gasteiger partial charge in [0.2, 0.25) is 0 Å². The maximum absolute atomic E-state index is 13.1. The molecule has 0 bridgehead atoms. The Balaban J connectivity index is 1.70. The number of thiazole rings is 1. The number of aliphatic imine (C=N–C) groups is 1. The molecule has 2 atom stereocenters. The average molecular weight is 538 g/mol. The second kappa shape index (κ2) is 11.7. The molecule has 0 radical (unpaired) electrons. The monoisotopic (exact) mass is 537 g/mol. The highest BCUT2D eigenvalue weighted by Crippen LogP contribution is 2.41. The first kappa shape index (κ1) is 26.6. The molecule has 0 aliphatic carbocycles. The van der Waals surface area contributed by atoms with Crippen LogP contribution >= 0.6 is 22.9 Å².